The summed E-state index contributed by atoms with van der Waals surface area (Å²) in [6.45, 7) is 1.94. The van der Waals surface area contributed by atoms with Crippen molar-refractivity contribution in [2.75, 3.05) is 0 Å². The normalized spacial score (nSPS) is 12.8. The highest BCUT2D eigenvalue weighted by molar-refractivity contribution is 5.24. The van der Waals surface area contributed by atoms with Crippen LogP contribution in [0.15, 0.2) is 17.1 Å². The summed E-state index contributed by atoms with van der Waals surface area (Å²) in [7, 11) is 0. The minimum atomic E-state index is -0.484. The number of hydrogen-bond donors (Lipinski definition) is 3. The summed E-state index contributed by atoms with van der Waals surface area (Å²) in [5, 5.41) is 9.05. The smallest absolute Gasteiger partial charge is 0.290 e. The van der Waals surface area contributed by atoms with Crippen LogP contribution in [-0.4, -0.2) is 10.1 Å². The zero-order chi connectivity index (χ0) is 9.14. The number of rotatable bonds is 2. The lowest BCUT2D eigenvalue weighted by molar-refractivity contribution is 0.464. The van der Waals surface area contributed by atoms with Crippen LogP contribution >= 0.6 is 0 Å². The van der Waals surface area contributed by atoms with Crippen molar-refractivity contribution >= 4 is 0 Å². The number of aromatic hydroxyl groups is 1. The van der Waals surface area contributed by atoms with Gasteiger partial charge in [0, 0.05) is 12.2 Å². The molecule has 0 saturated carbocycles. The molecule has 0 aliphatic rings. The van der Waals surface area contributed by atoms with Gasteiger partial charge in [0.1, 0.15) is 0 Å². The summed E-state index contributed by atoms with van der Waals surface area (Å²) in [6, 6.07) is 1.26. The van der Waals surface area contributed by atoms with Gasteiger partial charge in [0.25, 0.3) is 5.56 Å². The second kappa shape index (κ2) is 3.40. The van der Waals surface area contributed by atoms with Gasteiger partial charge in [-0.15, -0.1) is 0 Å². The zero-order valence-corrected chi connectivity index (χ0v) is 6.87. The van der Waals surface area contributed by atoms with Crippen LogP contribution in [0.2, 0.25) is 0 Å². The maximum Gasteiger partial charge on any atom is 0.290 e. The third-order valence-electron chi connectivity index (χ3n) is 1.77. The molecule has 0 fully saturated rings. The molecule has 0 aliphatic heterocycles. The predicted molar refractivity (Wildman–Crippen MR) is 45.9 cm³/mol. The molecular formula is C8H12N2O2. The SMILES string of the molecule is CC[C@@H](N)c1c[nH]c(=O)c(O)c1. The standard InChI is InChI=1S/C8H12N2O2/c1-2-6(9)5-3-7(11)8(12)10-4-5/h3-4,6,11H,2,9H2,1H3,(H,10,12)/t6-/m1/s1. The largest absolute Gasteiger partial charge is 0.503 e. The number of hydrogen-bond acceptors (Lipinski definition) is 3. The first-order chi connectivity index (χ1) is 5.65. The van der Waals surface area contributed by atoms with Crippen LogP contribution in [0.1, 0.15) is 24.9 Å². The fraction of sp³-hybridized carbons (Fsp3) is 0.375. The highest BCUT2D eigenvalue weighted by Gasteiger charge is 2.05. The van der Waals surface area contributed by atoms with Crippen molar-refractivity contribution in [3.8, 4) is 5.75 Å². The van der Waals surface area contributed by atoms with Crippen molar-refractivity contribution in [3.05, 3.63) is 28.2 Å². The lowest BCUT2D eigenvalue weighted by Crippen LogP contribution is -2.12. The third-order valence-corrected chi connectivity index (χ3v) is 1.77. The van der Waals surface area contributed by atoms with Gasteiger partial charge in [-0.1, -0.05) is 6.92 Å². The van der Waals surface area contributed by atoms with E-state index in [0.29, 0.717) is 0 Å². The van der Waals surface area contributed by atoms with Crippen molar-refractivity contribution in [2.45, 2.75) is 19.4 Å². The van der Waals surface area contributed by atoms with E-state index in [9.17, 15) is 4.79 Å². The Hall–Kier alpha value is -1.29. The number of aromatic nitrogens is 1. The van der Waals surface area contributed by atoms with E-state index in [-0.39, 0.29) is 11.8 Å². The molecule has 1 atom stereocenters. The first-order valence-electron chi connectivity index (χ1n) is 3.82. The van der Waals surface area contributed by atoms with E-state index < -0.39 is 5.56 Å². The van der Waals surface area contributed by atoms with Crippen molar-refractivity contribution in [2.24, 2.45) is 5.73 Å². The van der Waals surface area contributed by atoms with Crippen LogP contribution < -0.4 is 11.3 Å². The Bertz CT molecular complexity index is 319. The molecule has 1 rings (SSSR count). The number of H-pyrrole nitrogens is 1. The van der Waals surface area contributed by atoms with Crippen LogP contribution in [0.4, 0.5) is 0 Å². The highest BCUT2D eigenvalue weighted by Crippen LogP contribution is 2.13. The van der Waals surface area contributed by atoms with E-state index in [4.69, 9.17) is 10.8 Å². The molecule has 1 heterocycles. The van der Waals surface area contributed by atoms with Crippen LogP contribution in [-0.2, 0) is 0 Å². The van der Waals surface area contributed by atoms with Crippen LogP contribution in [0.25, 0.3) is 0 Å². The molecule has 0 saturated heterocycles. The average Bonchev–Trinajstić information content (AvgIpc) is 2.08. The van der Waals surface area contributed by atoms with Crippen molar-refractivity contribution < 1.29 is 5.11 Å². The molecule has 1 aromatic heterocycles. The Labute approximate surface area is 70.0 Å². The first kappa shape index (κ1) is 8.80. The monoisotopic (exact) mass is 168 g/mol. The van der Waals surface area contributed by atoms with E-state index >= 15 is 0 Å². The van der Waals surface area contributed by atoms with E-state index in [1.54, 1.807) is 0 Å². The van der Waals surface area contributed by atoms with Crippen LogP contribution in [0.5, 0.6) is 5.75 Å². The maximum atomic E-state index is 10.7. The summed E-state index contributed by atoms with van der Waals surface area (Å²) in [6.07, 6.45) is 2.29. The summed E-state index contributed by atoms with van der Waals surface area (Å²) in [5.41, 5.74) is 5.94. The Kier molecular flexibility index (Phi) is 2.50. The summed E-state index contributed by atoms with van der Waals surface area (Å²) in [4.78, 5) is 13.1. The maximum absolute atomic E-state index is 10.7. The van der Waals surface area contributed by atoms with Crippen LogP contribution in [0.3, 0.4) is 0 Å². The van der Waals surface area contributed by atoms with Crippen LogP contribution in [0, 0.1) is 0 Å². The Morgan fingerprint density at radius 2 is 2.42 bits per heavy atom. The van der Waals surface area contributed by atoms with E-state index in [1.165, 1.54) is 12.3 Å². The lowest BCUT2D eigenvalue weighted by atomic mass is 10.1. The molecule has 0 aromatic carbocycles. The van der Waals surface area contributed by atoms with Gasteiger partial charge in [-0.3, -0.25) is 4.79 Å². The number of nitrogens with one attached hydrogen (secondary N) is 1. The Morgan fingerprint density at radius 3 is 2.92 bits per heavy atom. The Morgan fingerprint density at radius 1 is 1.75 bits per heavy atom. The lowest BCUT2D eigenvalue weighted by Gasteiger charge is -2.07. The van der Waals surface area contributed by atoms with Gasteiger partial charge < -0.3 is 15.8 Å². The molecule has 1 aromatic rings. The molecular weight excluding hydrogens is 156 g/mol. The van der Waals surface area contributed by atoms with Gasteiger partial charge >= 0.3 is 0 Å². The molecule has 4 nitrogen and oxygen atoms in total. The van der Waals surface area contributed by atoms with Crippen molar-refractivity contribution in [1.29, 1.82) is 0 Å². The van der Waals surface area contributed by atoms with E-state index in [0.717, 1.165) is 12.0 Å². The molecule has 12 heavy (non-hydrogen) atoms. The van der Waals surface area contributed by atoms with Gasteiger partial charge in [0.15, 0.2) is 5.75 Å². The molecule has 0 spiro atoms. The second-order valence-electron chi connectivity index (χ2n) is 2.66. The molecule has 0 radical (unpaired) electrons. The molecule has 0 unspecified atom stereocenters. The van der Waals surface area contributed by atoms with Gasteiger partial charge in [0.05, 0.1) is 0 Å². The molecule has 0 bridgehead atoms. The Balaban J connectivity index is 3.04. The van der Waals surface area contributed by atoms with Crippen molar-refractivity contribution in [3.63, 3.8) is 0 Å². The number of nitrogens with two attached hydrogens (primary N) is 1. The molecule has 66 valence electrons. The number of pyridine rings is 1. The van der Waals surface area contributed by atoms with Crippen molar-refractivity contribution in [1.82, 2.24) is 4.98 Å². The first-order valence-corrected chi connectivity index (χ1v) is 3.82. The quantitative estimate of drug-likeness (QED) is 0.601. The van der Waals surface area contributed by atoms with Gasteiger partial charge in [-0.05, 0) is 18.1 Å². The van der Waals surface area contributed by atoms with E-state index in [1.807, 2.05) is 6.92 Å². The number of aromatic amines is 1. The topological polar surface area (TPSA) is 79.1 Å². The fourth-order valence-corrected chi connectivity index (χ4v) is 0.938. The summed E-state index contributed by atoms with van der Waals surface area (Å²) < 4.78 is 0. The predicted octanol–water partition coefficient (Wildman–Crippen LogP) is 0.490. The minimum Gasteiger partial charge on any atom is -0.503 e. The second-order valence-corrected chi connectivity index (χ2v) is 2.66. The third kappa shape index (κ3) is 1.65. The highest BCUT2D eigenvalue weighted by atomic mass is 16.3. The average molecular weight is 168 g/mol. The van der Waals surface area contributed by atoms with Gasteiger partial charge in [-0.2, -0.15) is 0 Å². The zero-order valence-electron chi connectivity index (χ0n) is 6.87. The van der Waals surface area contributed by atoms with Gasteiger partial charge in [-0.25, -0.2) is 0 Å². The molecule has 0 aliphatic carbocycles. The molecule has 0 amide bonds. The molecule has 4 heteroatoms. The van der Waals surface area contributed by atoms with Gasteiger partial charge in [0.2, 0.25) is 0 Å². The minimum absolute atomic E-state index is 0.132. The fourth-order valence-electron chi connectivity index (χ4n) is 0.938. The summed E-state index contributed by atoms with van der Waals surface area (Å²) in [5.74, 6) is -0.281. The van der Waals surface area contributed by atoms with E-state index in [2.05, 4.69) is 4.98 Å². The molecule has 4 N–H and O–H groups in total. The summed E-state index contributed by atoms with van der Waals surface area (Å²) >= 11 is 0.